The van der Waals surface area contributed by atoms with Gasteiger partial charge in [0, 0.05) is 6.42 Å². The SMILES string of the molecule is CCCCCCCCCCCCCCC/C=C/[C@@H](O)[C@H](CO[C@@H]1O[C@H](CO)[C@H](O)C(O)C1O)NC(=O)CCCCCCCCCCCCCCCCCCCCCCCCC. The largest absolute Gasteiger partial charge is 0.394 e. The van der Waals surface area contributed by atoms with Crippen molar-refractivity contribution in [2.75, 3.05) is 13.2 Å². The molecule has 1 heterocycles. The summed E-state index contributed by atoms with van der Waals surface area (Å²) in [5.41, 5.74) is 0. The number of ether oxygens (including phenoxy) is 2. The van der Waals surface area contributed by atoms with E-state index < -0.39 is 49.5 Å². The van der Waals surface area contributed by atoms with Crippen LogP contribution in [0.3, 0.4) is 0 Å². The van der Waals surface area contributed by atoms with Gasteiger partial charge in [0.05, 0.1) is 25.4 Å². The Morgan fingerprint density at radius 2 is 0.902 bits per heavy atom. The summed E-state index contributed by atoms with van der Waals surface area (Å²) in [5.74, 6) is -0.171. The van der Waals surface area contributed by atoms with E-state index >= 15 is 0 Å². The molecule has 0 aromatic rings. The second kappa shape index (κ2) is 42.9. The summed E-state index contributed by atoms with van der Waals surface area (Å²) in [6.45, 7) is 3.80. The number of aliphatic hydroxyl groups is 5. The van der Waals surface area contributed by atoms with Crippen LogP contribution in [-0.4, -0.2) is 87.5 Å². The summed E-state index contributed by atoms with van der Waals surface area (Å²) < 4.78 is 11.2. The molecule has 0 radical (unpaired) electrons. The summed E-state index contributed by atoms with van der Waals surface area (Å²) in [5, 5.41) is 54.3. The van der Waals surface area contributed by atoms with E-state index in [2.05, 4.69) is 19.2 Å². The van der Waals surface area contributed by atoms with Crippen molar-refractivity contribution in [2.45, 2.75) is 301 Å². The van der Waals surface area contributed by atoms with Crippen LogP contribution >= 0.6 is 0 Å². The Morgan fingerprint density at radius 1 is 0.541 bits per heavy atom. The molecule has 0 spiro atoms. The molecule has 1 amide bonds. The fourth-order valence-corrected chi connectivity index (χ4v) is 8.63. The first-order valence-electron chi connectivity index (χ1n) is 26.4. The van der Waals surface area contributed by atoms with E-state index in [4.69, 9.17) is 9.47 Å². The number of nitrogens with one attached hydrogen (secondary N) is 1. The molecule has 9 heteroatoms. The molecule has 1 fully saturated rings. The van der Waals surface area contributed by atoms with Crippen molar-refractivity contribution in [1.82, 2.24) is 5.32 Å². The highest BCUT2D eigenvalue weighted by molar-refractivity contribution is 5.76. The van der Waals surface area contributed by atoms with E-state index in [0.717, 1.165) is 38.5 Å². The molecule has 2 unspecified atom stereocenters. The minimum atomic E-state index is -1.56. The van der Waals surface area contributed by atoms with Crippen LogP contribution in [0.1, 0.15) is 258 Å². The van der Waals surface area contributed by atoms with Crippen molar-refractivity contribution in [3.05, 3.63) is 12.2 Å². The summed E-state index contributed by atoms with van der Waals surface area (Å²) in [7, 11) is 0. The molecule has 7 atom stereocenters. The number of aliphatic hydroxyl groups excluding tert-OH is 5. The maximum atomic E-state index is 13.0. The van der Waals surface area contributed by atoms with Crippen LogP contribution in [0.4, 0.5) is 0 Å². The molecule has 0 bridgehead atoms. The van der Waals surface area contributed by atoms with Gasteiger partial charge in [-0.15, -0.1) is 0 Å². The van der Waals surface area contributed by atoms with Crippen molar-refractivity contribution in [3.63, 3.8) is 0 Å². The molecule has 0 aromatic carbocycles. The van der Waals surface area contributed by atoms with E-state index in [1.54, 1.807) is 6.08 Å². The summed E-state index contributed by atoms with van der Waals surface area (Å²) in [6.07, 6.45) is 44.1. The Labute approximate surface area is 376 Å². The summed E-state index contributed by atoms with van der Waals surface area (Å²) in [4.78, 5) is 13.0. The zero-order chi connectivity index (χ0) is 44.4. The predicted octanol–water partition coefficient (Wildman–Crippen LogP) is 12.1. The molecule has 0 aliphatic carbocycles. The number of carbonyl (C=O) groups excluding carboxylic acids is 1. The van der Waals surface area contributed by atoms with Crippen LogP contribution in [0, 0.1) is 0 Å². The van der Waals surface area contributed by atoms with Crippen LogP contribution in [0.25, 0.3) is 0 Å². The predicted molar refractivity (Wildman–Crippen MR) is 254 cm³/mol. The molecule has 1 saturated heterocycles. The smallest absolute Gasteiger partial charge is 0.220 e. The van der Waals surface area contributed by atoms with E-state index in [-0.39, 0.29) is 12.5 Å². The van der Waals surface area contributed by atoms with Gasteiger partial charge in [-0.25, -0.2) is 0 Å². The lowest BCUT2D eigenvalue weighted by Gasteiger charge is -2.40. The maximum Gasteiger partial charge on any atom is 0.220 e. The van der Waals surface area contributed by atoms with Gasteiger partial charge in [-0.2, -0.15) is 0 Å². The highest BCUT2D eigenvalue weighted by Gasteiger charge is 2.44. The molecule has 6 N–H and O–H groups in total. The third-order valence-electron chi connectivity index (χ3n) is 12.9. The Hall–Kier alpha value is -1.07. The molecule has 0 aromatic heterocycles. The number of allylic oxidation sites excluding steroid dienone is 1. The van der Waals surface area contributed by atoms with Crippen LogP contribution in [-0.2, 0) is 14.3 Å². The lowest BCUT2D eigenvalue weighted by atomic mass is 9.99. The normalized spacial score (nSPS) is 20.4. The average molecular weight is 868 g/mol. The standard InChI is InChI=1S/C52H101NO8/c1-3-5-7-9-11-13-15-17-19-20-21-22-23-24-25-26-28-30-32-34-36-38-40-42-48(56)53-45(44-60-52-51(59)50(58)49(57)47(43-54)61-52)46(55)41-39-37-35-33-31-29-27-18-16-14-12-10-8-6-4-2/h39,41,45-47,49-52,54-55,57-59H,3-38,40,42-44H2,1-2H3,(H,53,56)/b41-39+/t45-,46+,47+,49-,50?,51?,52+/m0/s1. The van der Waals surface area contributed by atoms with Crippen LogP contribution in [0.5, 0.6) is 0 Å². The molecule has 61 heavy (non-hydrogen) atoms. The Balaban J connectivity index is 2.24. The number of carbonyl (C=O) groups is 1. The Kier molecular flexibility index (Phi) is 40.7. The van der Waals surface area contributed by atoms with E-state index in [9.17, 15) is 30.3 Å². The monoisotopic (exact) mass is 868 g/mol. The number of rotatable bonds is 45. The van der Waals surface area contributed by atoms with Gasteiger partial charge in [0.1, 0.15) is 24.4 Å². The van der Waals surface area contributed by atoms with Crippen LogP contribution in [0.2, 0.25) is 0 Å². The van der Waals surface area contributed by atoms with Gasteiger partial charge >= 0.3 is 0 Å². The van der Waals surface area contributed by atoms with Crippen molar-refractivity contribution in [1.29, 1.82) is 0 Å². The number of hydrogen-bond donors (Lipinski definition) is 6. The van der Waals surface area contributed by atoms with E-state index in [1.165, 1.54) is 199 Å². The summed E-state index contributed by atoms with van der Waals surface area (Å²) >= 11 is 0. The first-order valence-corrected chi connectivity index (χ1v) is 26.4. The zero-order valence-electron chi connectivity index (χ0n) is 39.9. The van der Waals surface area contributed by atoms with E-state index in [0.29, 0.717) is 6.42 Å². The van der Waals surface area contributed by atoms with Crippen molar-refractivity contribution < 1.29 is 39.8 Å². The molecule has 9 nitrogen and oxygen atoms in total. The van der Waals surface area contributed by atoms with Crippen LogP contribution in [0.15, 0.2) is 12.2 Å². The number of hydrogen-bond acceptors (Lipinski definition) is 8. The fraction of sp³-hybridized carbons (Fsp3) is 0.942. The quantitative estimate of drug-likeness (QED) is 0.0262. The molecular weight excluding hydrogens is 767 g/mol. The second-order valence-corrected chi connectivity index (χ2v) is 18.7. The van der Waals surface area contributed by atoms with Gasteiger partial charge < -0.3 is 40.3 Å². The number of unbranched alkanes of at least 4 members (excludes halogenated alkanes) is 35. The first-order chi connectivity index (χ1) is 29.8. The molecular formula is C52H101NO8. The van der Waals surface area contributed by atoms with Gasteiger partial charge in [-0.1, -0.05) is 244 Å². The van der Waals surface area contributed by atoms with Gasteiger partial charge in [0.15, 0.2) is 6.29 Å². The summed E-state index contributed by atoms with van der Waals surface area (Å²) in [6, 6.07) is -0.799. The van der Waals surface area contributed by atoms with Gasteiger partial charge in [-0.05, 0) is 19.3 Å². The fourth-order valence-electron chi connectivity index (χ4n) is 8.63. The highest BCUT2D eigenvalue weighted by atomic mass is 16.7. The Morgan fingerprint density at radius 3 is 1.28 bits per heavy atom. The van der Waals surface area contributed by atoms with Gasteiger partial charge in [0.25, 0.3) is 0 Å². The lowest BCUT2D eigenvalue weighted by Crippen LogP contribution is -2.60. The van der Waals surface area contributed by atoms with Crippen molar-refractivity contribution >= 4 is 5.91 Å². The maximum absolute atomic E-state index is 13.0. The molecule has 362 valence electrons. The minimum Gasteiger partial charge on any atom is -0.394 e. The third kappa shape index (κ3) is 33.1. The third-order valence-corrected chi connectivity index (χ3v) is 12.9. The molecule has 0 saturated carbocycles. The topological polar surface area (TPSA) is 149 Å². The average Bonchev–Trinajstić information content (AvgIpc) is 3.26. The first kappa shape index (κ1) is 57.9. The second-order valence-electron chi connectivity index (χ2n) is 18.7. The van der Waals surface area contributed by atoms with Crippen molar-refractivity contribution in [3.8, 4) is 0 Å². The molecule has 1 rings (SSSR count). The Bertz CT molecular complexity index is 966. The number of amides is 1. The molecule has 1 aliphatic rings. The van der Waals surface area contributed by atoms with Gasteiger partial charge in [0.2, 0.25) is 5.91 Å². The van der Waals surface area contributed by atoms with Gasteiger partial charge in [-0.3, -0.25) is 4.79 Å². The highest BCUT2D eigenvalue weighted by Crippen LogP contribution is 2.23. The molecule has 1 aliphatic heterocycles. The minimum absolute atomic E-state index is 0.171. The van der Waals surface area contributed by atoms with Crippen LogP contribution < -0.4 is 5.32 Å². The zero-order valence-corrected chi connectivity index (χ0v) is 39.9. The lowest BCUT2D eigenvalue weighted by molar-refractivity contribution is -0.302. The van der Waals surface area contributed by atoms with E-state index in [1.807, 2.05) is 6.08 Å². The van der Waals surface area contributed by atoms with Crippen molar-refractivity contribution in [2.24, 2.45) is 0 Å².